The van der Waals surface area contributed by atoms with Crippen LogP contribution in [0.15, 0.2) is 48.5 Å². The summed E-state index contributed by atoms with van der Waals surface area (Å²) in [5, 5.41) is 1.58. The van der Waals surface area contributed by atoms with Crippen LogP contribution >= 0.6 is 20.2 Å². The number of hydrogen-bond donors (Lipinski definition) is 0. The van der Waals surface area contributed by atoms with E-state index in [0.29, 0.717) is 10.6 Å². The Morgan fingerprint density at radius 3 is 2.33 bits per heavy atom. The van der Waals surface area contributed by atoms with Gasteiger partial charge in [-0.3, -0.25) is 4.79 Å². The Labute approximate surface area is 126 Å². The molecule has 1 radical (unpaired) electrons. The predicted molar refractivity (Wildman–Crippen MR) is 80.7 cm³/mol. The van der Waals surface area contributed by atoms with Crippen LogP contribution in [0.25, 0.3) is 0 Å². The molecule has 1 atom stereocenters. The molecule has 0 aliphatic heterocycles. The zero-order valence-electron chi connectivity index (χ0n) is 10.4. The molecule has 0 amide bonds. The Balaban J connectivity index is 0.00000162. The second-order valence-electron chi connectivity index (χ2n) is 3.75. The molecule has 0 N–H and O–H groups in total. The van der Waals surface area contributed by atoms with Crippen molar-refractivity contribution >= 4 is 49.9 Å². The van der Waals surface area contributed by atoms with E-state index in [4.69, 9.17) is 11.6 Å². The zero-order valence-corrected chi connectivity index (χ0v) is 12.2. The minimum atomic E-state index is 0. The number of benzene rings is 2. The van der Waals surface area contributed by atoms with E-state index in [9.17, 15) is 4.79 Å². The van der Waals surface area contributed by atoms with Gasteiger partial charge in [-0.25, -0.2) is 0 Å². The summed E-state index contributed by atoms with van der Waals surface area (Å²) in [4.78, 5) is 12.2. The average molecular weight is 270 g/mol. The standard InChI is InChI=1S/C14H12ClOP.Li/c1-10-6-5-9-12(15)13(10)14(16)17-11-7-3-2-4-8-11;/h2-9,17H,1H3;. The Morgan fingerprint density at radius 1 is 1.06 bits per heavy atom. The van der Waals surface area contributed by atoms with Crippen LogP contribution in [-0.2, 0) is 0 Å². The van der Waals surface area contributed by atoms with Crippen LogP contribution in [0.1, 0.15) is 15.9 Å². The second-order valence-corrected chi connectivity index (χ2v) is 5.44. The molecule has 0 heterocycles. The predicted octanol–water partition coefficient (Wildman–Crippen LogP) is 3.41. The van der Waals surface area contributed by atoms with Crippen molar-refractivity contribution in [2.45, 2.75) is 6.92 Å². The normalized spacial score (nSPS) is 10.3. The summed E-state index contributed by atoms with van der Waals surface area (Å²) in [5.41, 5.74) is 1.68. The fraction of sp³-hybridized carbons (Fsp3) is 0.0714. The third-order valence-corrected chi connectivity index (χ3v) is 3.89. The number of carbonyl (C=O) groups excluding carboxylic acids is 1. The number of rotatable bonds is 3. The molecule has 0 bridgehead atoms. The minimum Gasteiger partial charge on any atom is -0.289 e. The molecule has 4 heteroatoms. The van der Waals surface area contributed by atoms with Gasteiger partial charge >= 0.3 is 0 Å². The molecule has 0 aliphatic rings. The van der Waals surface area contributed by atoms with Gasteiger partial charge in [0.05, 0.1) is 5.02 Å². The molecule has 2 aromatic rings. The number of halogens is 1. The summed E-state index contributed by atoms with van der Waals surface area (Å²) >= 11 is 6.07. The summed E-state index contributed by atoms with van der Waals surface area (Å²) in [5.74, 6) is 0. The van der Waals surface area contributed by atoms with Crippen molar-refractivity contribution in [3.63, 3.8) is 0 Å². The van der Waals surface area contributed by atoms with Crippen LogP contribution in [0.5, 0.6) is 0 Å². The van der Waals surface area contributed by atoms with Gasteiger partial charge in [0.1, 0.15) is 0 Å². The molecule has 1 nitrogen and oxygen atoms in total. The Hall–Kier alpha value is -0.573. The molecule has 0 saturated heterocycles. The molecule has 2 rings (SSSR count). The van der Waals surface area contributed by atoms with Crippen LogP contribution in [0.3, 0.4) is 0 Å². The van der Waals surface area contributed by atoms with Crippen molar-refractivity contribution in [1.29, 1.82) is 0 Å². The molecule has 18 heavy (non-hydrogen) atoms. The minimum absolute atomic E-state index is 0. The van der Waals surface area contributed by atoms with E-state index in [2.05, 4.69) is 0 Å². The Morgan fingerprint density at radius 2 is 1.72 bits per heavy atom. The van der Waals surface area contributed by atoms with E-state index < -0.39 is 0 Å². The van der Waals surface area contributed by atoms with Crippen molar-refractivity contribution in [3.8, 4) is 0 Å². The van der Waals surface area contributed by atoms with E-state index >= 15 is 0 Å². The number of hydrogen-bond acceptors (Lipinski definition) is 1. The van der Waals surface area contributed by atoms with Crippen molar-refractivity contribution in [3.05, 3.63) is 64.7 Å². The molecule has 0 aromatic heterocycles. The van der Waals surface area contributed by atoms with Crippen LogP contribution < -0.4 is 5.30 Å². The molecule has 0 aliphatic carbocycles. The van der Waals surface area contributed by atoms with Crippen LogP contribution in [0, 0.1) is 6.92 Å². The summed E-state index contributed by atoms with van der Waals surface area (Å²) in [7, 11) is 0.125. The first-order valence-corrected chi connectivity index (χ1v) is 6.68. The van der Waals surface area contributed by atoms with E-state index in [1.165, 1.54) is 0 Å². The van der Waals surface area contributed by atoms with E-state index in [-0.39, 0.29) is 33.0 Å². The van der Waals surface area contributed by atoms with Gasteiger partial charge in [0.15, 0.2) is 5.52 Å². The maximum Gasteiger partial charge on any atom is 0.187 e. The van der Waals surface area contributed by atoms with Gasteiger partial charge in [-0.2, -0.15) is 0 Å². The molecular weight excluding hydrogens is 258 g/mol. The molecular formula is C14H12ClLiOP. The van der Waals surface area contributed by atoms with Gasteiger partial charge in [0.25, 0.3) is 0 Å². The van der Waals surface area contributed by atoms with Gasteiger partial charge in [0, 0.05) is 24.4 Å². The zero-order chi connectivity index (χ0) is 12.3. The maximum absolute atomic E-state index is 12.2. The smallest absolute Gasteiger partial charge is 0.187 e. The van der Waals surface area contributed by atoms with E-state index in [0.717, 1.165) is 10.9 Å². The van der Waals surface area contributed by atoms with Gasteiger partial charge in [0.2, 0.25) is 0 Å². The molecule has 87 valence electrons. The molecule has 0 fully saturated rings. The summed E-state index contributed by atoms with van der Waals surface area (Å²) in [6.45, 7) is 1.91. The third kappa shape index (κ3) is 3.71. The fourth-order valence-corrected chi connectivity index (χ4v) is 3.10. The quantitative estimate of drug-likeness (QED) is 0.616. The molecule has 2 aromatic carbocycles. The van der Waals surface area contributed by atoms with Gasteiger partial charge in [-0.05, 0) is 32.4 Å². The van der Waals surface area contributed by atoms with Crippen LogP contribution in [0.4, 0.5) is 0 Å². The summed E-state index contributed by atoms with van der Waals surface area (Å²) in [6.07, 6.45) is 0. The van der Waals surface area contributed by atoms with Crippen molar-refractivity contribution in [2.75, 3.05) is 0 Å². The van der Waals surface area contributed by atoms with Gasteiger partial charge in [-0.15, -0.1) is 0 Å². The van der Waals surface area contributed by atoms with Crippen molar-refractivity contribution in [1.82, 2.24) is 0 Å². The first kappa shape index (κ1) is 15.5. The molecule has 0 saturated carbocycles. The number of aryl methyl sites for hydroxylation is 1. The summed E-state index contributed by atoms with van der Waals surface area (Å²) < 4.78 is 0. The maximum atomic E-state index is 12.2. The van der Waals surface area contributed by atoms with E-state index in [1.54, 1.807) is 6.07 Å². The Bertz CT molecular complexity index is 522. The van der Waals surface area contributed by atoms with Crippen LogP contribution in [0.2, 0.25) is 5.02 Å². The molecule has 0 spiro atoms. The third-order valence-electron chi connectivity index (χ3n) is 2.48. The van der Waals surface area contributed by atoms with Crippen molar-refractivity contribution < 1.29 is 4.79 Å². The average Bonchev–Trinajstić information content (AvgIpc) is 2.30. The monoisotopic (exact) mass is 269 g/mol. The largest absolute Gasteiger partial charge is 0.289 e. The molecule has 1 unspecified atom stereocenters. The van der Waals surface area contributed by atoms with E-state index in [1.807, 2.05) is 49.4 Å². The fourth-order valence-electron chi connectivity index (χ4n) is 1.63. The second kappa shape index (κ2) is 7.12. The topological polar surface area (TPSA) is 17.1 Å². The van der Waals surface area contributed by atoms with Crippen LogP contribution in [-0.4, -0.2) is 24.4 Å². The van der Waals surface area contributed by atoms with Crippen molar-refractivity contribution in [2.24, 2.45) is 0 Å². The Kier molecular flexibility index (Phi) is 6.13. The summed E-state index contributed by atoms with van der Waals surface area (Å²) in [6, 6.07) is 15.3. The SMILES string of the molecule is Cc1cccc(Cl)c1C(=O)Pc1ccccc1.[Li]. The van der Waals surface area contributed by atoms with Gasteiger partial charge < -0.3 is 0 Å². The first-order valence-electron chi connectivity index (χ1n) is 5.30. The number of carbonyl (C=O) groups is 1. The van der Waals surface area contributed by atoms with Gasteiger partial charge in [-0.1, -0.05) is 54.1 Å². The first-order chi connectivity index (χ1) is 8.18.